The molecule has 1 heterocycles. The van der Waals surface area contributed by atoms with Crippen LogP contribution >= 0.6 is 0 Å². The van der Waals surface area contributed by atoms with Gasteiger partial charge in [0.05, 0.1) is 19.0 Å². The lowest BCUT2D eigenvalue weighted by Gasteiger charge is -1.76. The van der Waals surface area contributed by atoms with E-state index in [0.717, 1.165) is 4.79 Å². The molecule has 0 saturated carbocycles. The minimum atomic E-state index is 0.0972. The van der Waals surface area contributed by atoms with Gasteiger partial charge in [0.1, 0.15) is 0 Å². The maximum absolute atomic E-state index is 7.75. The Hall–Kier alpha value is -1.14. The number of nitrogens with zero attached hydrogens (tertiary/aromatic N) is 3. The van der Waals surface area contributed by atoms with Crippen molar-refractivity contribution in [3.05, 3.63) is 12.4 Å². The van der Waals surface area contributed by atoms with E-state index >= 15 is 0 Å². The third kappa shape index (κ3) is 5.01. The zero-order valence-electron chi connectivity index (χ0n) is 5.51. The summed E-state index contributed by atoms with van der Waals surface area (Å²) < 4.78 is 0. The number of aliphatic hydroxyl groups excluding tert-OH is 1. The molecule has 0 aliphatic heterocycles. The Bertz CT molecular complexity index is 137. The molecule has 6 nitrogen and oxygen atoms in total. The van der Waals surface area contributed by atoms with Gasteiger partial charge in [-0.25, -0.2) is 0 Å². The molecule has 6 heteroatoms. The second-order valence-corrected chi connectivity index (χ2v) is 1.40. The van der Waals surface area contributed by atoms with Gasteiger partial charge in [-0.1, -0.05) is 0 Å². The zero-order valence-corrected chi connectivity index (χ0v) is 5.51. The van der Waals surface area contributed by atoms with E-state index in [0.29, 0.717) is 6.54 Å². The van der Waals surface area contributed by atoms with E-state index in [-0.39, 0.29) is 6.61 Å². The summed E-state index contributed by atoms with van der Waals surface area (Å²) in [6, 6.07) is 0. The van der Waals surface area contributed by atoms with Crippen LogP contribution in [0.25, 0.3) is 0 Å². The van der Waals surface area contributed by atoms with Crippen LogP contribution in [0.5, 0.6) is 0 Å². The van der Waals surface area contributed by atoms with E-state index in [9.17, 15) is 0 Å². The van der Waals surface area contributed by atoms with Crippen molar-refractivity contribution in [3.8, 4) is 0 Å². The minimum absolute atomic E-state index is 0.0972. The fourth-order valence-corrected chi connectivity index (χ4v) is 0.217. The van der Waals surface area contributed by atoms with Gasteiger partial charge in [0.25, 0.3) is 0 Å². The molecule has 0 aliphatic carbocycles. The molecule has 5 N–H and O–H groups in total. The van der Waals surface area contributed by atoms with Crippen LogP contribution in [0.2, 0.25) is 0 Å². The van der Waals surface area contributed by atoms with Crippen LogP contribution in [-0.4, -0.2) is 33.4 Å². The predicted octanol–water partition coefficient (Wildman–Crippen LogP) is -2.07. The molecular weight excluding hydrogens is 134 g/mol. The summed E-state index contributed by atoms with van der Waals surface area (Å²) in [5.41, 5.74) is 4.78. The Labute approximate surface area is 58.4 Å². The summed E-state index contributed by atoms with van der Waals surface area (Å²) in [7, 11) is 0. The highest BCUT2D eigenvalue weighted by atomic mass is 16.3. The molecule has 1 rings (SSSR count). The first-order valence-electron chi connectivity index (χ1n) is 2.73. The van der Waals surface area contributed by atoms with Crippen molar-refractivity contribution in [1.82, 2.24) is 15.1 Å². The van der Waals surface area contributed by atoms with E-state index in [1.54, 1.807) is 6.20 Å². The number of hydrogen-bond donors (Lipinski definition) is 3. The molecule has 0 atom stereocenters. The van der Waals surface area contributed by atoms with Crippen molar-refractivity contribution in [1.29, 1.82) is 0 Å². The van der Waals surface area contributed by atoms with Crippen molar-refractivity contribution in [2.45, 2.75) is 0 Å². The number of aromatic nitrogens is 3. The van der Waals surface area contributed by atoms with Crippen LogP contribution in [-0.2, 0) is 0 Å². The third-order valence-corrected chi connectivity index (χ3v) is 0.570. The first-order valence-corrected chi connectivity index (χ1v) is 2.73. The van der Waals surface area contributed by atoms with E-state index in [1.165, 1.54) is 6.20 Å². The number of nitrogen functional groups attached to an aromatic ring is 1. The molecule has 0 fully saturated rings. The summed E-state index contributed by atoms with van der Waals surface area (Å²) in [6.45, 7) is 0.472. The lowest BCUT2D eigenvalue weighted by molar-refractivity contribution is 0.306. The molecule has 0 unspecified atom stereocenters. The monoisotopic (exact) mass is 145 g/mol. The van der Waals surface area contributed by atoms with Gasteiger partial charge in [-0.15, -0.1) is 5.10 Å². The molecule has 10 heavy (non-hydrogen) atoms. The summed E-state index contributed by atoms with van der Waals surface area (Å²) in [4.78, 5) is 1.14. The second kappa shape index (κ2) is 5.99. The van der Waals surface area contributed by atoms with E-state index in [2.05, 4.69) is 10.3 Å². The van der Waals surface area contributed by atoms with Crippen LogP contribution in [0.15, 0.2) is 12.4 Å². The summed E-state index contributed by atoms with van der Waals surface area (Å²) in [5.74, 6) is 5.02. The fourth-order valence-electron chi connectivity index (χ4n) is 0.217. The second-order valence-electron chi connectivity index (χ2n) is 1.40. The van der Waals surface area contributed by atoms with Crippen LogP contribution in [0.1, 0.15) is 0 Å². The van der Waals surface area contributed by atoms with Crippen molar-refractivity contribution >= 4 is 0 Å². The number of aliphatic hydroxyl groups is 1. The SMILES string of the molecule is NCCO.Nn1ccnn1. The first kappa shape index (κ1) is 8.86. The van der Waals surface area contributed by atoms with Gasteiger partial charge in [0.2, 0.25) is 0 Å². The topological polar surface area (TPSA) is 103 Å². The molecule has 0 aromatic carbocycles. The fraction of sp³-hybridized carbons (Fsp3) is 0.500. The summed E-state index contributed by atoms with van der Waals surface area (Å²) >= 11 is 0. The summed E-state index contributed by atoms with van der Waals surface area (Å²) in [5, 5.41) is 14.5. The van der Waals surface area contributed by atoms with E-state index in [1.807, 2.05) is 0 Å². The van der Waals surface area contributed by atoms with Crippen molar-refractivity contribution in [2.75, 3.05) is 19.0 Å². The first-order chi connectivity index (χ1) is 4.81. The normalized spacial score (nSPS) is 8.20. The zero-order chi connectivity index (χ0) is 7.82. The van der Waals surface area contributed by atoms with Gasteiger partial charge < -0.3 is 16.7 Å². The Balaban J connectivity index is 0.000000180. The maximum Gasteiger partial charge on any atom is 0.0715 e. The summed E-state index contributed by atoms with van der Waals surface area (Å²) in [6.07, 6.45) is 3.07. The van der Waals surface area contributed by atoms with Gasteiger partial charge >= 0.3 is 0 Å². The average molecular weight is 145 g/mol. The number of hydrogen-bond acceptors (Lipinski definition) is 5. The molecular formula is C4H11N5O. The molecule has 0 amide bonds. The highest BCUT2D eigenvalue weighted by molar-refractivity contribution is 4.61. The lowest BCUT2D eigenvalue weighted by Crippen LogP contribution is -2.07. The quantitative estimate of drug-likeness (QED) is 0.394. The van der Waals surface area contributed by atoms with Crippen LogP contribution in [0, 0.1) is 0 Å². The van der Waals surface area contributed by atoms with Crippen molar-refractivity contribution < 1.29 is 5.11 Å². The van der Waals surface area contributed by atoms with Gasteiger partial charge in [-0.3, -0.25) is 0 Å². The van der Waals surface area contributed by atoms with Crippen LogP contribution in [0.4, 0.5) is 0 Å². The van der Waals surface area contributed by atoms with Gasteiger partial charge in [-0.2, -0.15) is 4.79 Å². The highest BCUT2D eigenvalue weighted by Crippen LogP contribution is 1.62. The lowest BCUT2D eigenvalue weighted by atomic mass is 10.8. The minimum Gasteiger partial charge on any atom is -0.395 e. The van der Waals surface area contributed by atoms with Crippen LogP contribution < -0.4 is 11.6 Å². The van der Waals surface area contributed by atoms with Gasteiger partial charge in [-0.05, 0) is 5.21 Å². The van der Waals surface area contributed by atoms with Crippen molar-refractivity contribution in [2.24, 2.45) is 5.73 Å². The number of nitrogens with two attached hydrogens (primary N) is 2. The Morgan fingerprint density at radius 2 is 2.20 bits per heavy atom. The van der Waals surface area contributed by atoms with E-state index < -0.39 is 0 Å². The molecule has 1 aromatic rings. The van der Waals surface area contributed by atoms with Crippen LogP contribution in [0.3, 0.4) is 0 Å². The predicted molar refractivity (Wildman–Crippen MR) is 36.3 cm³/mol. The molecule has 0 bridgehead atoms. The smallest absolute Gasteiger partial charge is 0.0715 e. The number of rotatable bonds is 1. The largest absolute Gasteiger partial charge is 0.395 e. The third-order valence-electron chi connectivity index (χ3n) is 0.570. The Morgan fingerprint density at radius 3 is 2.30 bits per heavy atom. The Morgan fingerprint density at radius 1 is 1.60 bits per heavy atom. The molecule has 0 aliphatic rings. The van der Waals surface area contributed by atoms with Gasteiger partial charge in [0, 0.05) is 6.54 Å². The average Bonchev–Trinajstić information content (AvgIpc) is 2.40. The molecule has 0 radical (unpaired) electrons. The highest BCUT2D eigenvalue weighted by Gasteiger charge is 1.71. The molecule has 58 valence electrons. The molecule has 1 aromatic heterocycles. The van der Waals surface area contributed by atoms with E-state index in [4.69, 9.17) is 16.7 Å². The maximum atomic E-state index is 7.75. The standard InChI is InChI=1S/C2H4N4.C2H7NO/c3-6-2-1-4-5-6;3-1-2-4/h1-2H,3H2;4H,1-3H2. The molecule has 0 saturated heterocycles. The Kier molecular flexibility index (Phi) is 5.30. The molecule has 0 spiro atoms. The van der Waals surface area contributed by atoms with Gasteiger partial charge in [0.15, 0.2) is 0 Å². The van der Waals surface area contributed by atoms with Crippen molar-refractivity contribution in [3.63, 3.8) is 0 Å².